The fourth-order valence-corrected chi connectivity index (χ4v) is 7.75. The second kappa shape index (κ2) is 15.6. The molecule has 2 N–H and O–H groups in total. The average molecular weight is 858 g/mol. The molecule has 6 aromatic rings. The monoisotopic (exact) mass is 856 g/mol. The first-order chi connectivity index (χ1) is 25.9. The summed E-state index contributed by atoms with van der Waals surface area (Å²) in [7, 11) is -0.882. The number of fused-ring (bicyclic) bond motifs is 2. The second-order valence-corrected chi connectivity index (χ2v) is 16.9. The molecule has 0 spiro atoms. The van der Waals surface area contributed by atoms with Gasteiger partial charge in [-0.1, -0.05) is 39.7 Å². The maximum Gasteiger partial charge on any atom is 0.408 e. The van der Waals surface area contributed by atoms with Gasteiger partial charge in [-0.05, 0) is 92.9 Å². The molecule has 1 atom stereocenters. The molecule has 4 aromatic carbocycles. The zero-order valence-electron chi connectivity index (χ0n) is 30.3. The van der Waals surface area contributed by atoms with E-state index < -0.39 is 45.0 Å². The Morgan fingerprint density at radius 3 is 2.35 bits per heavy atom. The van der Waals surface area contributed by atoms with E-state index in [4.69, 9.17) is 26.1 Å². The Kier molecular flexibility index (Phi) is 11.2. The number of amides is 1. The Labute approximate surface area is 328 Å². The van der Waals surface area contributed by atoms with Gasteiger partial charge in [-0.3, -0.25) is 18.8 Å². The summed E-state index contributed by atoms with van der Waals surface area (Å²) in [5, 5.41) is 7.73. The van der Waals surface area contributed by atoms with Gasteiger partial charge in [0.05, 0.1) is 51.4 Å². The molecule has 288 valence electrons. The second-order valence-electron chi connectivity index (χ2n) is 13.7. The van der Waals surface area contributed by atoms with Crippen LogP contribution in [0.25, 0.3) is 27.5 Å². The average Bonchev–Trinajstić information content (AvgIpc) is 3.41. The predicted molar refractivity (Wildman–Crippen MR) is 211 cm³/mol. The van der Waals surface area contributed by atoms with E-state index in [2.05, 4.69) is 31.1 Å². The third-order valence-electron chi connectivity index (χ3n) is 8.45. The van der Waals surface area contributed by atoms with Crippen molar-refractivity contribution < 1.29 is 31.5 Å². The number of hydrogen-bond acceptors (Lipinski definition) is 8. The molecule has 0 fully saturated rings. The number of ether oxygens (including phenoxy) is 2. The van der Waals surface area contributed by atoms with Gasteiger partial charge in [0.15, 0.2) is 5.82 Å². The van der Waals surface area contributed by atoms with Crippen molar-refractivity contribution in [3.05, 3.63) is 121 Å². The molecule has 0 saturated heterocycles. The van der Waals surface area contributed by atoms with Crippen molar-refractivity contribution in [3.8, 4) is 11.4 Å². The lowest BCUT2D eigenvalue weighted by molar-refractivity contribution is 0.0500. The normalized spacial score (nSPS) is 12.5. The molecule has 6 rings (SSSR count). The number of rotatable bonds is 11. The van der Waals surface area contributed by atoms with Crippen LogP contribution in [-0.4, -0.2) is 52.3 Å². The third-order valence-corrected chi connectivity index (χ3v) is 10.5. The van der Waals surface area contributed by atoms with Gasteiger partial charge >= 0.3 is 6.09 Å². The van der Waals surface area contributed by atoms with E-state index in [9.17, 15) is 26.8 Å². The number of carbonyl (C=O) groups is 1. The van der Waals surface area contributed by atoms with Crippen LogP contribution >= 0.6 is 27.5 Å². The summed E-state index contributed by atoms with van der Waals surface area (Å²) in [4.78, 5) is 32.8. The van der Waals surface area contributed by atoms with Gasteiger partial charge in [-0.25, -0.2) is 27.0 Å². The maximum atomic E-state index is 14.6. The molecule has 0 saturated carbocycles. The number of carbonyl (C=O) groups excluding carboxylic acids is 1. The molecule has 0 radical (unpaired) electrons. The minimum absolute atomic E-state index is 0.0300. The quantitative estimate of drug-likeness (QED) is 0.135. The van der Waals surface area contributed by atoms with E-state index in [-0.39, 0.29) is 68.3 Å². The number of benzene rings is 4. The first-order valence-corrected chi connectivity index (χ1v) is 19.7. The Hall–Kier alpha value is -5.06. The predicted octanol–water partition coefficient (Wildman–Crippen LogP) is 7.77. The molecule has 0 aliphatic rings. The van der Waals surface area contributed by atoms with E-state index >= 15 is 0 Å². The largest absolute Gasteiger partial charge is 0.497 e. The standard InChI is InChI=1S/C38H36BrClF2N6O6S/c1-38(2,3)54-37(50)44-30(18-22-16-24(41)20-25(42)17-22)35-43-29-19-23(39)8-11-27(29)36(49)48(35)31-13-12-28(40)32-33(31)47(4)45-34(32)46-55(51,52)15-14-21-6-9-26(53-5)10-7-21/h6-13,16-17,19-20,30H,14-15,18H2,1-5H3,(H,44,50)(H,45,46)/t30-/m0/s1. The molecule has 0 aliphatic carbocycles. The van der Waals surface area contributed by atoms with Crippen molar-refractivity contribution in [1.82, 2.24) is 24.6 Å². The van der Waals surface area contributed by atoms with Crippen LogP contribution in [0.5, 0.6) is 5.75 Å². The number of aromatic nitrogens is 4. The van der Waals surface area contributed by atoms with Gasteiger partial charge in [-0.2, -0.15) is 5.10 Å². The molecule has 12 nitrogen and oxygen atoms in total. The molecular weight excluding hydrogens is 822 g/mol. The van der Waals surface area contributed by atoms with Crippen LogP contribution in [0.2, 0.25) is 5.02 Å². The highest BCUT2D eigenvalue weighted by Gasteiger charge is 2.29. The summed E-state index contributed by atoms with van der Waals surface area (Å²) >= 11 is 10.2. The number of hydrogen-bond donors (Lipinski definition) is 2. The van der Waals surface area contributed by atoms with Gasteiger partial charge in [0.1, 0.15) is 28.8 Å². The Morgan fingerprint density at radius 2 is 1.69 bits per heavy atom. The summed E-state index contributed by atoms with van der Waals surface area (Å²) < 4.78 is 72.3. The number of alkyl carbamates (subject to hydrolysis) is 1. The van der Waals surface area contributed by atoms with Crippen molar-refractivity contribution in [1.29, 1.82) is 0 Å². The topological polar surface area (TPSA) is 146 Å². The van der Waals surface area contributed by atoms with Crippen LogP contribution in [-0.2, 0) is 34.6 Å². The number of anilines is 1. The van der Waals surface area contributed by atoms with Gasteiger partial charge < -0.3 is 14.8 Å². The molecule has 0 bridgehead atoms. The molecule has 2 aromatic heterocycles. The Bertz CT molecular complexity index is 2590. The molecule has 17 heteroatoms. The van der Waals surface area contributed by atoms with Crippen LogP contribution in [0.3, 0.4) is 0 Å². The maximum absolute atomic E-state index is 14.6. The zero-order valence-corrected chi connectivity index (χ0v) is 33.4. The van der Waals surface area contributed by atoms with Crippen LogP contribution in [0.4, 0.5) is 19.4 Å². The molecule has 0 aliphatic heterocycles. The molecule has 1 amide bonds. The van der Waals surface area contributed by atoms with Crippen molar-refractivity contribution >= 4 is 71.3 Å². The van der Waals surface area contributed by atoms with Crippen molar-refractivity contribution in [3.63, 3.8) is 0 Å². The number of sulfonamides is 1. The van der Waals surface area contributed by atoms with E-state index in [0.717, 1.165) is 23.8 Å². The fraction of sp³-hybridized carbons (Fsp3) is 0.263. The Morgan fingerprint density at radius 1 is 1.00 bits per heavy atom. The fourth-order valence-electron chi connectivity index (χ4n) is 6.12. The molecule has 0 unspecified atom stereocenters. The zero-order chi connectivity index (χ0) is 39.8. The number of halogens is 4. The smallest absolute Gasteiger partial charge is 0.408 e. The number of aryl methyl sites for hydroxylation is 2. The minimum Gasteiger partial charge on any atom is -0.497 e. The van der Waals surface area contributed by atoms with Crippen molar-refractivity contribution in [2.75, 3.05) is 17.6 Å². The van der Waals surface area contributed by atoms with E-state index in [0.29, 0.717) is 10.2 Å². The third kappa shape index (κ3) is 9.09. The SMILES string of the molecule is COc1ccc(CCS(=O)(=O)Nc2nn(C)c3c(-n4c([C@H](Cc5cc(F)cc(F)c5)NC(=O)OC(C)(C)C)nc5cc(Br)ccc5c4=O)ccc(Cl)c23)cc1. The number of nitrogens with one attached hydrogen (secondary N) is 2. The first-order valence-electron chi connectivity index (χ1n) is 16.9. The van der Waals surface area contributed by atoms with Gasteiger partial charge in [0.25, 0.3) is 5.56 Å². The van der Waals surface area contributed by atoms with Gasteiger partial charge in [-0.15, -0.1) is 0 Å². The van der Waals surface area contributed by atoms with Crippen LogP contribution in [0, 0.1) is 11.6 Å². The van der Waals surface area contributed by atoms with Crippen molar-refractivity contribution in [2.24, 2.45) is 7.05 Å². The van der Waals surface area contributed by atoms with E-state index in [1.165, 1.54) is 21.4 Å². The summed E-state index contributed by atoms with van der Waals surface area (Å²) in [5.74, 6) is -1.43. The lowest BCUT2D eigenvalue weighted by Crippen LogP contribution is -2.39. The summed E-state index contributed by atoms with van der Waals surface area (Å²) in [6.07, 6.45) is -0.902. The van der Waals surface area contributed by atoms with Crippen molar-refractivity contribution in [2.45, 2.75) is 45.3 Å². The number of methoxy groups -OCH3 is 1. The summed E-state index contributed by atoms with van der Waals surface area (Å²) in [6, 6.07) is 16.7. The van der Waals surface area contributed by atoms with E-state index in [1.54, 1.807) is 77.4 Å². The number of nitrogens with zero attached hydrogens (tertiary/aromatic N) is 4. The summed E-state index contributed by atoms with van der Waals surface area (Å²) in [5.41, 5.74) is 0.119. The lowest BCUT2D eigenvalue weighted by Gasteiger charge is -2.26. The Balaban J connectivity index is 1.51. The van der Waals surface area contributed by atoms with Gasteiger partial charge in [0.2, 0.25) is 10.0 Å². The summed E-state index contributed by atoms with van der Waals surface area (Å²) in [6.45, 7) is 5.01. The van der Waals surface area contributed by atoms with Gasteiger partial charge in [0, 0.05) is 24.0 Å². The molecular formula is C38H36BrClF2N6O6S. The highest BCUT2D eigenvalue weighted by Crippen LogP contribution is 2.36. The molecule has 55 heavy (non-hydrogen) atoms. The lowest BCUT2D eigenvalue weighted by atomic mass is 10.0. The molecule has 2 heterocycles. The van der Waals surface area contributed by atoms with Crippen LogP contribution in [0.15, 0.2) is 82.1 Å². The highest BCUT2D eigenvalue weighted by atomic mass is 79.9. The van der Waals surface area contributed by atoms with E-state index in [1.807, 2.05) is 0 Å². The van der Waals surface area contributed by atoms with Crippen LogP contribution < -0.4 is 20.3 Å². The first kappa shape index (κ1) is 39.6. The highest BCUT2D eigenvalue weighted by molar-refractivity contribution is 9.10. The minimum atomic E-state index is -3.98. The van der Waals surface area contributed by atoms with Crippen LogP contribution in [0.1, 0.15) is 43.8 Å².